The van der Waals surface area contributed by atoms with Crippen LogP contribution in [0.3, 0.4) is 0 Å². The molecule has 0 bridgehead atoms. The lowest BCUT2D eigenvalue weighted by Gasteiger charge is -2.13. The Hall–Kier alpha value is -1.39. The number of anilines is 1. The molecule has 1 aromatic rings. The topological polar surface area (TPSA) is 74.5 Å². The second-order valence-corrected chi connectivity index (χ2v) is 4.43. The largest absolute Gasteiger partial charge is 0.417 e. The van der Waals surface area contributed by atoms with Crippen LogP contribution in [-0.4, -0.2) is 12.2 Å². The van der Waals surface area contributed by atoms with Crippen molar-refractivity contribution in [2.75, 3.05) is 5.32 Å². The van der Waals surface area contributed by atoms with Gasteiger partial charge in [-0.25, -0.2) is 9.38 Å². The van der Waals surface area contributed by atoms with Crippen molar-refractivity contribution in [1.82, 2.24) is 10.9 Å². The van der Waals surface area contributed by atoms with Crippen LogP contribution in [0.1, 0.15) is 5.56 Å². The molecule has 1 unspecified atom stereocenters. The highest BCUT2D eigenvalue weighted by atomic mass is 79.9. The van der Waals surface area contributed by atoms with E-state index >= 15 is 0 Å². The van der Waals surface area contributed by atoms with Crippen molar-refractivity contribution in [3.05, 3.63) is 28.0 Å². The summed E-state index contributed by atoms with van der Waals surface area (Å²) in [6, 6.07) is 1.68. The van der Waals surface area contributed by atoms with Gasteiger partial charge in [-0.1, -0.05) is 0 Å². The molecular weight excluding hydrogens is 334 g/mol. The van der Waals surface area contributed by atoms with E-state index in [0.29, 0.717) is 0 Å². The molecule has 5 N–H and O–H groups in total. The first-order valence-electron chi connectivity index (χ1n) is 4.95. The summed E-state index contributed by atoms with van der Waals surface area (Å²) in [6.45, 7) is 0. The molecule has 0 aromatic heterocycles. The van der Waals surface area contributed by atoms with E-state index in [2.05, 4.69) is 37.1 Å². The van der Waals surface area contributed by atoms with Crippen molar-refractivity contribution in [3.63, 3.8) is 0 Å². The van der Waals surface area contributed by atoms with Crippen LogP contribution in [-0.2, 0) is 6.18 Å². The van der Waals surface area contributed by atoms with Gasteiger partial charge in [0.05, 0.1) is 10.0 Å². The minimum Gasteiger partial charge on any atom is -0.325 e. The van der Waals surface area contributed by atoms with Crippen LogP contribution in [0.4, 0.5) is 23.2 Å². The van der Waals surface area contributed by atoms with E-state index < -0.39 is 28.3 Å². The molecule has 0 amide bonds. The molecule has 1 atom stereocenters. The average molecular weight is 342 g/mol. The summed E-state index contributed by atoms with van der Waals surface area (Å²) in [5, 5.41) is 2.49. The third-order valence-electron chi connectivity index (χ3n) is 2.20. The van der Waals surface area contributed by atoms with Crippen molar-refractivity contribution < 1.29 is 17.6 Å². The van der Waals surface area contributed by atoms with Gasteiger partial charge in [-0.05, 0) is 28.1 Å². The predicted molar refractivity (Wildman–Crippen MR) is 64.4 cm³/mol. The van der Waals surface area contributed by atoms with Gasteiger partial charge in [0.15, 0.2) is 6.29 Å². The van der Waals surface area contributed by atoms with Crippen molar-refractivity contribution >= 4 is 27.6 Å². The van der Waals surface area contributed by atoms with Crippen molar-refractivity contribution in [2.24, 2.45) is 10.7 Å². The van der Waals surface area contributed by atoms with Gasteiger partial charge in [0.25, 0.3) is 0 Å². The molecule has 1 aromatic carbocycles. The Bertz CT molecular complexity index is 530. The SMILES string of the molecule is NC1N=C(Nc2cc(F)c(Br)c(C(F)(F)F)c2)NN1. The third-order valence-corrected chi connectivity index (χ3v) is 3.01. The van der Waals surface area contributed by atoms with Crippen molar-refractivity contribution in [3.8, 4) is 0 Å². The summed E-state index contributed by atoms with van der Waals surface area (Å²) in [7, 11) is 0. The Morgan fingerprint density at radius 3 is 2.58 bits per heavy atom. The first-order valence-corrected chi connectivity index (χ1v) is 5.75. The van der Waals surface area contributed by atoms with Crippen molar-refractivity contribution in [1.29, 1.82) is 0 Å². The number of hydrogen-bond donors (Lipinski definition) is 4. The number of hydrogen-bond acceptors (Lipinski definition) is 5. The van der Waals surface area contributed by atoms with Gasteiger partial charge in [0, 0.05) is 5.69 Å². The summed E-state index contributed by atoms with van der Waals surface area (Å²) in [6.07, 6.45) is -5.39. The summed E-state index contributed by atoms with van der Waals surface area (Å²) >= 11 is 2.57. The molecule has 104 valence electrons. The number of nitrogens with one attached hydrogen (secondary N) is 3. The number of alkyl halides is 3. The molecule has 0 spiro atoms. The summed E-state index contributed by atoms with van der Waals surface area (Å²) < 4.78 is 50.8. The highest BCUT2D eigenvalue weighted by molar-refractivity contribution is 9.10. The van der Waals surface area contributed by atoms with E-state index in [0.717, 1.165) is 12.1 Å². The zero-order valence-corrected chi connectivity index (χ0v) is 10.7. The fourth-order valence-corrected chi connectivity index (χ4v) is 1.87. The fraction of sp³-hybridized carbons (Fsp3) is 0.222. The van der Waals surface area contributed by atoms with Crippen LogP contribution in [0.25, 0.3) is 0 Å². The maximum absolute atomic E-state index is 13.4. The Balaban J connectivity index is 2.32. The van der Waals surface area contributed by atoms with E-state index in [1.165, 1.54) is 0 Å². The first-order chi connectivity index (χ1) is 8.77. The maximum Gasteiger partial charge on any atom is 0.417 e. The third kappa shape index (κ3) is 3.14. The minimum absolute atomic E-state index is 0.0994. The zero-order chi connectivity index (χ0) is 14.2. The van der Waals surface area contributed by atoms with Gasteiger partial charge in [-0.15, -0.1) is 0 Å². The molecule has 0 fully saturated rings. The molecule has 2 rings (SSSR count). The number of benzene rings is 1. The lowest BCUT2D eigenvalue weighted by molar-refractivity contribution is -0.138. The molecule has 0 radical (unpaired) electrons. The van der Waals surface area contributed by atoms with Gasteiger partial charge in [-0.3, -0.25) is 11.2 Å². The smallest absolute Gasteiger partial charge is 0.325 e. The van der Waals surface area contributed by atoms with Crippen LogP contribution in [0, 0.1) is 5.82 Å². The number of guanidine groups is 1. The molecule has 1 heterocycles. The van der Waals surface area contributed by atoms with Crippen LogP contribution >= 0.6 is 15.9 Å². The first kappa shape index (κ1) is 14.0. The quantitative estimate of drug-likeness (QED) is 0.587. The monoisotopic (exact) mass is 341 g/mol. The number of aliphatic imine (C=N–C) groups is 1. The predicted octanol–water partition coefficient (Wildman–Crippen LogP) is 1.72. The highest BCUT2D eigenvalue weighted by Crippen LogP contribution is 2.37. The second kappa shape index (κ2) is 4.94. The van der Waals surface area contributed by atoms with Crippen LogP contribution < -0.4 is 21.9 Å². The molecular formula is C9H8BrF4N5. The summed E-state index contributed by atoms with van der Waals surface area (Å²) in [4.78, 5) is 3.77. The summed E-state index contributed by atoms with van der Waals surface area (Å²) in [5.41, 5.74) is 9.14. The normalized spacial score (nSPS) is 19.1. The van der Waals surface area contributed by atoms with Gasteiger partial charge in [0.1, 0.15) is 5.82 Å². The molecule has 1 aliphatic heterocycles. The maximum atomic E-state index is 13.4. The minimum atomic E-state index is -4.67. The number of rotatable bonds is 1. The van der Waals surface area contributed by atoms with Gasteiger partial charge in [-0.2, -0.15) is 18.6 Å². The Kier molecular flexibility index (Phi) is 3.65. The molecule has 5 nitrogen and oxygen atoms in total. The van der Waals surface area contributed by atoms with Gasteiger partial charge >= 0.3 is 6.18 Å². The van der Waals surface area contributed by atoms with E-state index in [-0.39, 0.29) is 11.6 Å². The second-order valence-electron chi connectivity index (χ2n) is 3.63. The molecule has 10 heteroatoms. The van der Waals surface area contributed by atoms with Crippen LogP contribution in [0.5, 0.6) is 0 Å². The number of hydrazine groups is 1. The number of halogens is 5. The zero-order valence-electron chi connectivity index (χ0n) is 9.15. The molecule has 0 saturated carbocycles. The van der Waals surface area contributed by atoms with E-state index in [1.807, 2.05) is 0 Å². The van der Waals surface area contributed by atoms with Gasteiger partial charge in [0.2, 0.25) is 5.96 Å². The van der Waals surface area contributed by atoms with E-state index in [9.17, 15) is 17.6 Å². The molecule has 19 heavy (non-hydrogen) atoms. The molecule has 0 saturated heterocycles. The van der Waals surface area contributed by atoms with Crippen LogP contribution in [0.15, 0.2) is 21.6 Å². The lowest BCUT2D eigenvalue weighted by atomic mass is 10.2. The van der Waals surface area contributed by atoms with E-state index in [4.69, 9.17) is 5.73 Å². The summed E-state index contributed by atoms with van der Waals surface area (Å²) in [5.74, 6) is -0.935. The highest BCUT2D eigenvalue weighted by Gasteiger charge is 2.34. The Morgan fingerprint density at radius 2 is 2.05 bits per heavy atom. The van der Waals surface area contributed by atoms with Crippen LogP contribution in [0.2, 0.25) is 0 Å². The molecule has 1 aliphatic rings. The van der Waals surface area contributed by atoms with E-state index in [1.54, 1.807) is 0 Å². The standard InChI is InChI=1S/C9H8BrF4N5/c10-6-4(9(12,13)14)1-3(2-5(6)11)16-8-17-7(15)18-19-8/h1-2,7,18H,15H2,(H2,16,17,19). The number of nitrogens with zero attached hydrogens (tertiary/aromatic N) is 1. The molecule has 0 aliphatic carbocycles. The Morgan fingerprint density at radius 1 is 1.37 bits per heavy atom. The van der Waals surface area contributed by atoms with Gasteiger partial charge < -0.3 is 5.32 Å². The lowest BCUT2D eigenvalue weighted by Crippen LogP contribution is -2.41. The average Bonchev–Trinajstić information content (AvgIpc) is 2.67. The fourth-order valence-electron chi connectivity index (χ4n) is 1.41. The van der Waals surface area contributed by atoms with Crippen molar-refractivity contribution in [2.45, 2.75) is 12.5 Å². The number of nitrogens with two attached hydrogens (primary N) is 1. The Labute approximate surface area is 113 Å².